The van der Waals surface area contributed by atoms with Gasteiger partial charge in [0.1, 0.15) is 0 Å². The SMILES string of the molecule is Cl.N[C@@H]1C[C@@H](O)[C@@H]1O. The molecule has 0 aromatic heterocycles. The second kappa shape index (κ2) is 2.64. The van der Waals surface area contributed by atoms with Crippen molar-refractivity contribution in [1.82, 2.24) is 0 Å². The van der Waals surface area contributed by atoms with Crippen LogP contribution in [0.2, 0.25) is 0 Å². The molecule has 0 aromatic carbocycles. The minimum absolute atomic E-state index is 0. The fraction of sp³-hybridized carbons (Fsp3) is 1.00. The molecule has 3 atom stereocenters. The van der Waals surface area contributed by atoms with Crippen molar-refractivity contribution in [3.8, 4) is 0 Å². The van der Waals surface area contributed by atoms with Gasteiger partial charge in [-0.2, -0.15) is 0 Å². The van der Waals surface area contributed by atoms with E-state index in [0.717, 1.165) is 0 Å². The number of aliphatic hydroxyl groups excluding tert-OH is 2. The van der Waals surface area contributed by atoms with Gasteiger partial charge in [0, 0.05) is 6.04 Å². The third kappa shape index (κ3) is 1.11. The molecule has 0 aromatic rings. The van der Waals surface area contributed by atoms with Crippen LogP contribution in [-0.2, 0) is 0 Å². The molecule has 1 aliphatic rings. The van der Waals surface area contributed by atoms with Crippen molar-refractivity contribution in [3.63, 3.8) is 0 Å². The first kappa shape index (κ1) is 8.17. The lowest BCUT2D eigenvalue weighted by molar-refractivity contribution is -0.0685. The molecule has 0 unspecified atom stereocenters. The van der Waals surface area contributed by atoms with Crippen LogP contribution >= 0.6 is 12.4 Å². The molecule has 0 amide bonds. The maximum absolute atomic E-state index is 8.61. The molecule has 3 nitrogen and oxygen atoms in total. The maximum atomic E-state index is 8.61. The van der Waals surface area contributed by atoms with Gasteiger partial charge in [0.05, 0.1) is 12.2 Å². The molecule has 0 bridgehead atoms. The van der Waals surface area contributed by atoms with E-state index in [-0.39, 0.29) is 18.4 Å². The lowest BCUT2D eigenvalue weighted by Crippen LogP contribution is -2.55. The minimum atomic E-state index is -0.667. The monoisotopic (exact) mass is 139 g/mol. The molecular formula is C4H10ClNO2. The van der Waals surface area contributed by atoms with E-state index in [1.54, 1.807) is 0 Å². The summed E-state index contributed by atoms with van der Waals surface area (Å²) in [5.41, 5.74) is 5.20. The lowest BCUT2D eigenvalue weighted by atomic mass is 9.87. The summed E-state index contributed by atoms with van der Waals surface area (Å²) in [5, 5.41) is 17.2. The molecule has 1 saturated carbocycles. The van der Waals surface area contributed by atoms with Crippen LogP contribution < -0.4 is 5.73 Å². The van der Waals surface area contributed by atoms with Crippen molar-refractivity contribution in [2.75, 3.05) is 0 Å². The molecule has 0 aliphatic heterocycles. The largest absolute Gasteiger partial charge is 0.390 e. The Morgan fingerprint density at radius 1 is 1.38 bits per heavy atom. The van der Waals surface area contributed by atoms with E-state index >= 15 is 0 Å². The van der Waals surface area contributed by atoms with Crippen molar-refractivity contribution in [3.05, 3.63) is 0 Å². The van der Waals surface area contributed by atoms with Gasteiger partial charge >= 0.3 is 0 Å². The molecule has 0 radical (unpaired) electrons. The minimum Gasteiger partial charge on any atom is -0.390 e. The highest BCUT2D eigenvalue weighted by Gasteiger charge is 2.35. The van der Waals surface area contributed by atoms with Crippen molar-refractivity contribution < 1.29 is 10.2 Å². The topological polar surface area (TPSA) is 66.5 Å². The van der Waals surface area contributed by atoms with Crippen LogP contribution in [0.5, 0.6) is 0 Å². The highest BCUT2D eigenvalue weighted by atomic mass is 35.5. The molecule has 4 heteroatoms. The van der Waals surface area contributed by atoms with Crippen molar-refractivity contribution in [2.24, 2.45) is 5.73 Å². The van der Waals surface area contributed by atoms with E-state index in [0.29, 0.717) is 6.42 Å². The van der Waals surface area contributed by atoms with E-state index < -0.39 is 12.2 Å². The van der Waals surface area contributed by atoms with Crippen LogP contribution in [0.1, 0.15) is 6.42 Å². The average molecular weight is 140 g/mol. The molecule has 8 heavy (non-hydrogen) atoms. The number of hydrogen-bond acceptors (Lipinski definition) is 3. The van der Waals surface area contributed by atoms with Gasteiger partial charge in [0.25, 0.3) is 0 Å². The predicted molar refractivity (Wildman–Crippen MR) is 31.9 cm³/mol. The lowest BCUT2D eigenvalue weighted by Gasteiger charge is -2.34. The first-order chi connectivity index (χ1) is 3.22. The van der Waals surface area contributed by atoms with Gasteiger partial charge < -0.3 is 15.9 Å². The van der Waals surface area contributed by atoms with Crippen molar-refractivity contribution >= 4 is 12.4 Å². The summed E-state index contributed by atoms with van der Waals surface area (Å²) in [6, 6.07) is -0.185. The zero-order valence-electron chi connectivity index (χ0n) is 4.32. The maximum Gasteiger partial charge on any atom is 0.0951 e. The van der Waals surface area contributed by atoms with Gasteiger partial charge in [-0.1, -0.05) is 0 Å². The first-order valence-corrected chi connectivity index (χ1v) is 2.33. The summed E-state index contributed by atoms with van der Waals surface area (Å²) in [4.78, 5) is 0. The smallest absolute Gasteiger partial charge is 0.0951 e. The highest BCUT2D eigenvalue weighted by Crippen LogP contribution is 2.17. The van der Waals surface area contributed by atoms with Crippen molar-refractivity contribution in [1.29, 1.82) is 0 Å². The predicted octanol–water partition coefficient (Wildman–Crippen LogP) is -1.14. The van der Waals surface area contributed by atoms with Gasteiger partial charge in [-0.05, 0) is 6.42 Å². The molecular weight excluding hydrogens is 130 g/mol. The zero-order valence-corrected chi connectivity index (χ0v) is 5.14. The van der Waals surface area contributed by atoms with Gasteiger partial charge in [0.15, 0.2) is 0 Å². The number of hydrogen-bond donors (Lipinski definition) is 3. The van der Waals surface area contributed by atoms with Crippen LogP contribution in [0.25, 0.3) is 0 Å². The Morgan fingerprint density at radius 3 is 1.88 bits per heavy atom. The average Bonchev–Trinajstić information content (AvgIpc) is 1.68. The Kier molecular flexibility index (Phi) is 2.70. The standard InChI is InChI=1S/C4H9NO2.ClH/c5-2-1-3(6)4(2)7;/h2-4,6-7H,1,5H2;1H/t2-,3-,4-;/m1./s1. The van der Waals surface area contributed by atoms with E-state index in [9.17, 15) is 0 Å². The molecule has 4 N–H and O–H groups in total. The van der Waals surface area contributed by atoms with Crippen LogP contribution in [0.3, 0.4) is 0 Å². The van der Waals surface area contributed by atoms with Crippen LogP contribution in [0.15, 0.2) is 0 Å². The molecule has 0 heterocycles. The first-order valence-electron chi connectivity index (χ1n) is 2.33. The van der Waals surface area contributed by atoms with Crippen LogP contribution in [0, 0.1) is 0 Å². The van der Waals surface area contributed by atoms with Gasteiger partial charge in [-0.25, -0.2) is 0 Å². The van der Waals surface area contributed by atoms with Crippen molar-refractivity contribution in [2.45, 2.75) is 24.7 Å². The molecule has 50 valence electrons. The summed E-state index contributed by atoms with van der Waals surface area (Å²) in [6.45, 7) is 0. The Hall–Kier alpha value is 0.170. The summed E-state index contributed by atoms with van der Waals surface area (Å²) < 4.78 is 0. The van der Waals surface area contributed by atoms with Gasteiger partial charge in [0.2, 0.25) is 0 Å². The quantitative estimate of drug-likeness (QED) is 0.398. The summed E-state index contributed by atoms with van der Waals surface area (Å²) in [7, 11) is 0. The third-order valence-electron chi connectivity index (χ3n) is 1.35. The summed E-state index contributed by atoms with van der Waals surface area (Å²) in [5.74, 6) is 0. The molecule has 1 aliphatic carbocycles. The normalized spacial score (nSPS) is 44.6. The van der Waals surface area contributed by atoms with E-state index in [2.05, 4.69) is 0 Å². The van der Waals surface area contributed by atoms with E-state index in [4.69, 9.17) is 15.9 Å². The van der Waals surface area contributed by atoms with Gasteiger partial charge in [-0.3, -0.25) is 0 Å². The Morgan fingerprint density at radius 2 is 1.88 bits per heavy atom. The Labute approximate surface area is 53.9 Å². The fourth-order valence-corrected chi connectivity index (χ4v) is 0.647. The second-order valence-electron chi connectivity index (χ2n) is 1.96. The van der Waals surface area contributed by atoms with Crippen LogP contribution in [0.4, 0.5) is 0 Å². The Balaban J connectivity index is 0.000000490. The molecule has 0 saturated heterocycles. The summed E-state index contributed by atoms with van der Waals surface area (Å²) in [6.07, 6.45) is -0.684. The molecule has 1 rings (SSSR count). The molecule has 0 spiro atoms. The zero-order chi connectivity index (χ0) is 5.44. The number of nitrogens with two attached hydrogens (primary N) is 1. The number of rotatable bonds is 0. The number of halogens is 1. The third-order valence-corrected chi connectivity index (χ3v) is 1.35. The van der Waals surface area contributed by atoms with Gasteiger partial charge in [-0.15, -0.1) is 12.4 Å². The van der Waals surface area contributed by atoms with E-state index in [1.165, 1.54) is 0 Å². The van der Waals surface area contributed by atoms with E-state index in [1.807, 2.05) is 0 Å². The fourth-order valence-electron chi connectivity index (χ4n) is 0.647. The highest BCUT2D eigenvalue weighted by molar-refractivity contribution is 5.85. The summed E-state index contributed by atoms with van der Waals surface area (Å²) >= 11 is 0. The Bertz CT molecular complexity index is 72.4. The number of aliphatic hydroxyl groups is 2. The van der Waals surface area contributed by atoms with Crippen LogP contribution in [-0.4, -0.2) is 28.5 Å². The molecule has 1 fully saturated rings. The second-order valence-corrected chi connectivity index (χ2v) is 1.96.